The van der Waals surface area contributed by atoms with Crippen LogP contribution in [0.2, 0.25) is 0 Å². The number of rotatable bonds is 6. The van der Waals surface area contributed by atoms with Crippen LogP contribution in [0.5, 0.6) is 11.5 Å². The zero-order valence-electron chi connectivity index (χ0n) is 35.7. The van der Waals surface area contributed by atoms with Gasteiger partial charge in [-0.25, -0.2) is 4.98 Å². The predicted molar refractivity (Wildman–Crippen MR) is 236 cm³/mol. The number of benzene rings is 5. The molecule has 3 heterocycles. The fourth-order valence-electron chi connectivity index (χ4n) is 7.63. The van der Waals surface area contributed by atoms with Gasteiger partial charge in [0.15, 0.2) is 0 Å². The highest BCUT2D eigenvalue weighted by molar-refractivity contribution is 6.09. The highest BCUT2D eigenvalue weighted by Gasteiger charge is 2.40. The first-order valence-corrected chi connectivity index (χ1v) is 19.7. The smallest absolute Gasteiger partial charge is 0.457 e. The Labute approximate surface area is 333 Å². The molecule has 5 aromatic carbocycles. The minimum atomic E-state index is -0.842. The molecular weight excluding hydrogens is 685 g/mol. The van der Waals surface area contributed by atoms with E-state index in [1.54, 1.807) is 0 Å². The van der Waals surface area contributed by atoms with Crippen LogP contribution in [0.3, 0.4) is 0 Å². The van der Waals surface area contributed by atoms with Gasteiger partial charge in [0.2, 0.25) is 11.4 Å². The summed E-state index contributed by atoms with van der Waals surface area (Å²) in [6.45, 7) is 24.2. The molecule has 1 aliphatic heterocycles. The van der Waals surface area contributed by atoms with Crippen LogP contribution in [0.25, 0.3) is 27.6 Å². The number of pyridine rings is 1. The maximum Gasteiger partial charge on any atom is 0.503 e. The standard InChI is InChI=1S/C51H54N4O/c1-33(2)41-19-15-21-45-48(41)54(38-27-35(50(6,7)8)26-36(28-38)51(9,10)11)32-53(45)37-16-14-17-39(30-37)56-40-22-23-43-42-18-12-13-20-44(42)55(46(43)31-40)47-29-34(24-25-52-47)49(3,4)5/h12-31,33H,1-11H3/q+2/i33D. The van der Waals surface area contributed by atoms with Gasteiger partial charge >= 0.3 is 11.7 Å². The molecule has 282 valence electrons. The Morgan fingerprint density at radius 2 is 1.27 bits per heavy atom. The van der Waals surface area contributed by atoms with Crippen molar-refractivity contribution in [3.8, 4) is 17.3 Å². The number of nitrogens with zero attached hydrogens (tertiary/aromatic N) is 4. The van der Waals surface area contributed by atoms with Crippen molar-refractivity contribution in [1.82, 2.24) is 18.7 Å². The van der Waals surface area contributed by atoms with E-state index in [9.17, 15) is 1.37 Å². The van der Waals surface area contributed by atoms with Crippen LogP contribution in [0.15, 0.2) is 121 Å². The predicted octanol–water partition coefficient (Wildman–Crippen LogP) is 13.8. The van der Waals surface area contributed by atoms with Gasteiger partial charge in [0, 0.05) is 54.2 Å². The summed E-state index contributed by atoms with van der Waals surface area (Å²) in [6.07, 6.45) is 1.91. The van der Waals surface area contributed by atoms with Crippen molar-refractivity contribution in [1.29, 1.82) is 0 Å². The summed E-state index contributed by atoms with van der Waals surface area (Å²) in [7, 11) is 0. The third-order valence-electron chi connectivity index (χ3n) is 10.9. The van der Waals surface area contributed by atoms with Gasteiger partial charge in [-0.3, -0.25) is 4.57 Å². The number of para-hydroxylation sites is 2. The molecule has 8 rings (SSSR count). The molecule has 1 aliphatic rings. The first-order chi connectivity index (χ1) is 26.8. The zero-order chi connectivity index (χ0) is 40.7. The second-order valence-electron chi connectivity index (χ2n) is 18.5. The quantitative estimate of drug-likeness (QED) is 0.159. The van der Waals surface area contributed by atoms with Gasteiger partial charge in [-0.1, -0.05) is 119 Å². The topological polar surface area (TPSA) is 33.1 Å². The van der Waals surface area contributed by atoms with Crippen molar-refractivity contribution in [3.05, 3.63) is 144 Å². The fourth-order valence-corrected chi connectivity index (χ4v) is 7.63. The van der Waals surface area contributed by atoms with Crippen LogP contribution >= 0.6 is 0 Å². The number of aromatic nitrogens is 2. The Morgan fingerprint density at radius 1 is 0.607 bits per heavy atom. The molecule has 0 amide bonds. The van der Waals surface area contributed by atoms with Crippen molar-refractivity contribution in [2.75, 3.05) is 0 Å². The molecule has 0 saturated heterocycles. The van der Waals surface area contributed by atoms with E-state index in [1.165, 1.54) is 22.1 Å². The molecule has 0 saturated carbocycles. The lowest BCUT2D eigenvalue weighted by Crippen LogP contribution is -2.17. The van der Waals surface area contributed by atoms with Gasteiger partial charge in [0.1, 0.15) is 17.3 Å². The Balaban J connectivity index is 1.26. The second-order valence-corrected chi connectivity index (χ2v) is 18.5. The van der Waals surface area contributed by atoms with Crippen LogP contribution in [0.1, 0.15) is 106 Å². The maximum absolute atomic E-state index is 9.21. The van der Waals surface area contributed by atoms with Gasteiger partial charge in [0.05, 0.1) is 17.1 Å². The van der Waals surface area contributed by atoms with E-state index in [2.05, 4.69) is 179 Å². The zero-order valence-corrected chi connectivity index (χ0v) is 34.7. The Kier molecular flexibility index (Phi) is 8.63. The second kappa shape index (κ2) is 13.5. The van der Waals surface area contributed by atoms with E-state index >= 15 is 0 Å². The molecule has 0 fully saturated rings. The Morgan fingerprint density at radius 3 is 1.96 bits per heavy atom. The summed E-state index contributed by atoms with van der Waals surface area (Å²) in [4.78, 5) is 4.86. The molecule has 0 radical (unpaired) electrons. The molecule has 0 spiro atoms. The number of fused-ring (bicyclic) bond motifs is 4. The van der Waals surface area contributed by atoms with E-state index in [1.807, 2.05) is 38.2 Å². The third-order valence-corrected chi connectivity index (χ3v) is 10.9. The molecule has 56 heavy (non-hydrogen) atoms. The van der Waals surface area contributed by atoms with E-state index < -0.39 is 5.89 Å². The van der Waals surface area contributed by atoms with Crippen LogP contribution < -0.4 is 13.9 Å². The molecule has 2 aromatic heterocycles. The van der Waals surface area contributed by atoms with Crippen molar-refractivity contribution in [3.63, 3.8) is 0 Å². The van der Waals surface area contributed by atoms with Gasteiger partial charge in [-0.15, -0.1) is 0 Å². The lowest BCUT2D eigenvalue weighted by Gasteiger charge is -2.24. The monoisotopic (exact) mass is 739 g/mol. The highest BCUT2D eigenvalue weighted by Crippen LogP contribution is 2.44. The summed E-state index contributed by atoms with van der Waals surface area (Å²) < 4.78 is 22.4. The van der Waals surface area contributed by atoms with Gasteiger partial charge in [-0.05, 0) is 84.4 Å². The summed E-state index contributed by atoms with van der Waals surface area (Å²) in [5.74, 6) is 1.49. The highest BCUT2D eigenvalue weighted by atomic mass is 16.5. The van der Waals surface area contributed by atoms with Crippen molar-refractivity contribution in [2.24, 2.45) is 0 Å². The van der Waals surface area contributed by atoms with E-state index in [0.29, 0.717) is 5.75 Å². The Hall–Kier alpha value is -5.77. The number of ether oxygens (including phenoxy) is 1. The molecule has 5 nitrogen and oxygen atoms in total. The van der Waals surface area contributed by atoms with Crippen molar-refractivity contribution < 1.29 is 6.11 Å². The summed E-state index contributed by atoms with van der Waals surface area (Å²) in [5, 5.41) is 2.32. The molecule has 0 aliphatic carbocycles. The van der Waals surface area contributed by atoms with Crippen molar-refractivity contribution in [2.45, 2.75) is 98.3 Å². The minimum Gasteiger partial charge on any atom is -0.457 e. The van der Waals surface area contributed by atoms with Gasteiger partial charge in [0.25, 0.3) is 5.69 Å². The largest absolute Gasteiger partial charge is 0.503 e. The molecule has 7 aromatic rings. The maximum atomic E-state index is 9.21. The average molecular weight is 740 g/mol. The van der Waals surface area contributed by atoms with Crippen LogP contribution in [-0.2, 0) is 16.2 Å². The number of hydrogen-bond acceptors (Lipinski definition) is 2. The SMILES string of the molecule is [2H]C(C)(C)c1cccc2c1[N+](c1cc(C(C)(C)C)cc(C(C)(C)C)c1)=C=[N+]2c1cccc(Oc2ccc3c4ccccc4n(-c4cc(C(C)(C)C)ccn4)c3c2)c1. The summed E-state index contributed by atoms with van der Waals surface area (Å²) in [5.41, 5.74) is 10.6. The Bertz CT molecular complexity index is 2760. The first kappa shape index (κ1) is 35.9. The van der Waals surface area contributed by atoms with E-state index in [-0.39, 0.29) is 16.2 Å². The lowest BCUT2D eigenvalue weighted by molar-refractivity contribution is 0.483. The molecular formula is C51H54N4O+2. The third kappa shape index (κ3) is 6.75. The average Bonchev–Trinajstić information content (AvgIpc) is 3.70. The van der Waals surface area contributed by atoms with E-state index in [0.717, 1.165) is 56.3 Å². The van der Waals surface area contributed by atoms with Crippen molar-refractivity contribution >= 4 is 50.6 Å². The molecule has 0 N–H and O–H groups in total. The normalized spacial score (nSPS) is 13.8. The number of hydrogen-bond donors (Lipinski definition) is 0. The lowest BCUT2D eigenvalue weighted by atomic mass is 9.80. The molecule has 0 unspecified atom stereocenters. The van der Waals surface area contributed by atoms with Crippen LogP contribution in [0, 0.1) is 0 Å². The summed E-state index contributed by atoms with van der Waals surface area (Å²) in [6, 6.07) is 44.2. The minimum absolute atomic E-state index is 0.0116. The van der Waals surface area contributed by atoms with Gasteiger partial charge < -0.3 is 4.74 Å². The fraction of sp³-hybridized carbons (Fsp3) is 0.294. The molecule has 0 atom stereocenters. The van der Waals surface area contributed by atoms with Crippen LogP contribution in [0.4, 0.5) is 22.7 Å². The molecule has 5 heteroatoms. The molecule has 0 bridgehead atoms. The van der Waals surface area contributed by atoms with E-state index in [4.69, 9.17) is 9.72 Å². The van der Waals surface area contributed by atoms with Crippen LogP contribution in [-0.4, -0.2) is 15.6 Å². The first-order valence-electron chi connectivity index (χ1n) is 20.2. The summed E-state index contributed by atoms with van der Waals surface area (Å²) >= 11 is 0. The van der Waals surface area contributed by atoms with Gasteiger partial charge in [-0.2, -0.15) is 0 Å².